The molecule has 0 fully saturated rings. The average molecular weight is 466 g/mol. The molecule has 1 unspecified atom stereocenters. The maximum Gasteiger partial charge on any atom is 0.193 e. The number of nitrogens with one attached hydrogen (secondary N) is 1. The second-order valence-corrected chi connectivity index (χ2v) is 5.14. The van der Waals surface area contributed by atoms with Crippen molar-refractivity contribution in [1.82, 2.24) is 0 Å². The molecule has 4 N–H and O–H groups in total. The Hall–Kier alpha value is -1.58. The number of ether oxygens (including phenoxy) is 1. The van der Waals surface area contributed by atoms with Gasteiger partial charge in [0.15, 0.2) is 5.96 Å². The Bertz CT molecular complexity index is 715. The van der Waals surface area contributed by atoms with Crippen LogP contribution in [-0.4, -0.2) is 24.7 Å². The molecule has 8 heteroatoms. The van der Waals surface area contributed by atoms with Gasteiger partial charge in [0.05, 0.1) is 18.7 Å². The second kappa shape index (κ2) is 9.65. The van der Waals surface area contributed by atoms with Crippen LogP contribution in [0.5, 0.6) is 5.75 Å². The first-order valence-electron chi connectivity index (χ1n) is 6.84. The summed E-state index contributed by atoms with van der Waals surface area (Å²) in [6.07, 6.45) is -1.07. The molecule has 0 bridgehead atoms. The Kier molecular flexibility index (Phi) is 8.23. The maximum atomic E-state index is 13.5. The maximum absolute atomic E-state index is 13.5. The van der Waals surface area contributed by atoms with E-state index in [9.17, 15) is 9.50 Å². The van der Waals surface area contributed by atoms with Crippen LogP contribution >= 0.6 is 35.6 Å². The van der Waals surface area contributed by atoms with E-state index in [-0.39, 0.29) is 42.0 Å². The number of halogens is 3. The Morgan fingerprint density at radius 1 is 1.38 bits per heavy atom. The first-order valence-corrected chi connectivity index (χ1v) is 7.22. The molecule has 2 aromatic rings. The molecule has 1 atom stereocenters. The van der Waals surface area contributed by atoms with E-state index in [1.807, 2.05) is 0 Å². The molecule has 0 heterocycles. The fraction of sp³-hybridized carbons (Fsp3) is 0.188. The molecule has 0 aliphatic heterocycles. The number of rotatable bonds is 5. The number of nitrogens with two attached hydrogens (primary N) is 1. The van der Waals surface area contributed by atoms with Crippen molar-refractivity contribution >= 4 is 47.2 Å². The van der Waals surface area contributed by atoms with E-state index in [0.717, 1.165) is 0 Å². The lowest BCUT2D eigenvalue weighted by Gasteiger charge is -2.11. The van der Waals surface area contributed by atoms with Gasteiger partial charge in [0, 0.05) is 11.3 Å². The van der Waals surface area contributed by atoms with Crippen molar-refractivity contribution in [2.24, 2.45) is 10.7 Å². The number of benzene rings is 2. The molecule has 24 heavy (non-hydrogen) atoms. The Morgan fingerprint density at radius 3 is 2.71 bits per heavy atom. The van der Waals surface area contributed by atoms with Crippen molar-refractivity contribution in [3.63, 3.8) is 0 Å². The van der Waals surface area contributed by atoms with Crippen LogP contribution in [0.2, 0.25) is 5.02 Å². The summed E-state index contributed by atoms with van der Waals surface area (Å²) < 4.78 is 18.6. The molecule has 2 rings (SSSR count). The summed E-state index contributed by atoms with van der Waals surface area (Å²) in [5.41, 5.74) is 6.55. The van der Waals surface area contributed by atoms with Crippen LogP contribution in [0.3, 0.4) is 0 Å². The number of methoxy groups -OCH3 is 1. The lowest BCUT2D eigenvalue weighted by atomic mass is 10.1. The number of aliphatic hydroxyl groups excluding tert-OH is 1. The summed E-state index contributed by atoms with van der Waals surface area (Å²) in [7, 11) is 1.52. The van der Waals surface area contributed by atoms with Gasteiger partial charge in [-0.25, -0.2) is 4.39 Å². The zero-order chi connectivity index (χ0) is 16.8. The quantitative estimate of drug-likeness (QED) is 0.358. The van der Waals surface area contributed by atoms with E-state index in [2.05, 4.69) is 10.3 Å². The molecule has 2 aromatic carbocycles. The number of hydrogen-bond donors (Lipinski definition) is 3. The number of hydrogen-bond acceptors (Lipinski definition) is 3. The van der Waals surface area contributed by atoms with Crippen molar-refractivity contribution in [1.29, 1.82) is 0 Å². The molecule has 5 nitrogen and oxygen atoms in total. The highest BCUT2D eigenvalue weighted by Gasteiger charge is 2.11. The van der Waals surface area contributed by atoms with Gasteiger partial charge in [-0.1, -0.05) is 29.8 Å². The summed E-state index contributed by atoms with van der Waals surface area (Å²) in [6.45, 7) is -0.0658. The topological polar surface area (TPSA) is 79.9 Å². The van der Waals surface area contributed by atoms with Crippen LogP contribution in [0.15, 0.2) is 47.5 Å². The summed E-state index contributed by atoms with van der Waals surface area (Å²) >= 11 is 6.01. The van der Waals surface area contributed by atoms with Crippen molar-refractivity contribution in [2.75, 3.05) is 19.0 Å². The molecule has 0 aliphatic rings. The van der Waals surface area contributed by atoms with Gasteiger partial charge in [0.1, 0.15) is 17.7 Å². The summed E-state index contributed by atoms with van der Waals surface area (Å²) in [5.74, 6) is 0.146. The minimum Gasteiger partial charge on any atom is -0.495 e. The van der Waals surface area contributed by atoms with Gasteiger partial charge >= 0.3 is 0 Å². The molecule has 0 amide bonds. The SMILES string of the molecule is COc1ccc(NC(N)=NCC(O)c2ccccc2F)cc1Cl.I. The van der Waals surface area contributed by atoms with Crippen molar-refractivity contribution in [3.8, 4) is 5.75 Å². The van der Waals surface area contributed by atoms with Gasteiger partial charge in [-0.15, -0.1) is 24.0 Å². The predicted octanol–water partition coefficient (Wildman–Crippen LogP) is 3.57. The minimum atomic E-state index is -1.07. The normalized spacial score (nSPS) is 12.2. The van der Waals surface area contributed by atoms with Gasteiger partial charge in [-0.05, 0) is 24.3 Å². The molecule has 0 radical (unpaired) electrons. The zero-order valence-electron chi connectivity index (χ0n) is 12.9. The number of anilines is 1. The Labute approximate surface area is 161 Å². The highest BCUT2D eigenvalue weighted by molar-refractivity contribution is 14.0. The molecule has 130 valence electrons. The van der Waals surface area contributed by atoms with Crippen LogP contribution in [-0.2, 0) is 0 Å². The van der Waals surface area contributed by atoms with E-state index in [0.29, 0.717) is 16.5 Å². The van der Waals surface area contributed by atoms with E-state index >= 15 is 0 Å². The predicted molar refractivity (Wildman–Crippen MR) is 105 cm³/mol. The number of guanidine groups is 1. The molecule has 0 aromatic heterocycles. The Morgan fingerprint density at radius 2 is 2.08 bits per heavy atom. The van der Waals surface area contributed by atoms with Crippen LogP contribution in [0, 0.1) is 5.82 Å². The Balaban J connectivity index is 0.00000288. The molecule has 0 spiro atoms. The first kappa shape index (κ1) is 20.5. The highest BCUT2D eigenvalue weighted by Crippen LogP contribution is 2.27. The van der Waals surface area contributed by atoms with Crippen molar-refractivity contribution < 1.29 is 14.2 Å². The third-order valence-electron chi connectivity index (χ3n) is 3.12. The number of aliphatic imine (C=N–C) groups is 1. The lowest BCUT2D eigenvalue weighted by Crippen LogP contribution is -2.23. The van der Waals surface area contributed by atoms with Crippen LogP contribution in [0.4, 0.5) is 10.1 Å². The standard InChI is InChI=1S/C16H17ClFN3O2.HI/c1-23-15-7-6-10(8-12(15)17)21-16(19)20-9-14(22)11-4-2-3-5-13(11)18;/h2-8,14,22H,9H2,1H3,(H3,19,20,21);1H. The van der Waals surface area contributed by atoms with E-state index in [1.54, 1.807) is 30.3 Å². The van der Waals surface area contributed by atoms with Gasteiger partial charge in [0.25, 0.3) is 0 Å². The van der Waals surface area contributed by atoms with E-state index in [1.165, 1.54) is 19.2 Å². The fourth-order valence-corrected chi connectivity index (χ4v) is 2.22. The number of nitrogens with zero attached hydrogens (tertiary/aromatic N) is 1. The van der Waals surface area contributed by atoms with Crippen LogP contribution < -0.4 is 15.8 Å². The van der Waals surface area contributed by atoms with Gasteiger partial charge in [-0.3, -0.25) is 4.99 Å². The second-order valence-electron chi connectivity index (χ2n) is 4.74. The van der Waals surface area contributed by atoms with Crippen LogP contribution in [0.25, 0.3) is 0 Å². The third-order valence-corrected chi connectivity index (χ3v) is 3.42. The molecule has 0 saturated heterocycles. The van der Waals surface area contributed by atoms with Crippen molar-refractivity contribution in [3.05, 3.63) is 58.9 Å². The zero-order valence-corrected chi connectivity index (χ0v) is 16.0. The minimum absolute atomic E-state index is 0. The number of aliphatic hydroxyl groups is 1. The monoisotopic (exact) mass is 465 g/mol. The molecular weight excluding hydrogens is 448 g/mol. The molecular formula is C16H18ClFIN3O2. The van der Waals surface area contributed by atoms with E-state index < -0.39 is 11.9 Å². The van der Waals surface area contributed by atoms with Gasteiger partial charge < -0.3 is 20.9 Å². The summed E-state index contributed by atoms with van der Waals surface area (Å²) in [4.78, 5) is 4.00. The highest BCUT2D eigenvalue weighted by atomic mass is 127. The molecule has 0 aliphatic carbocycles. The summed E-state index contributed by atoms with van der Waals surface area (Å²) in [5, 5.41) is 13.2. The first-order chi connectivity index (χ1) is 11.0. The molecule has 0 saturated carbocycles. The average Bonchev–Trinajstić information content (AvgIpc) is 2.53. The van der Waals surface area contributed by atoms with Gasteiger partial charge in [-0.2, -0.15) is 0 Å². The van der Waals surface area contributed by atoms with Gasteiger partial charge in [0.2, 0.25) is 0 Å². The lowest BCUT2D eigenvalue weighted by molar-refractivity contribution is 0.182. The smallest absolute Gasteiger partial charge is 0.193 e. The van der Waals surface area contributed by atoms with Crippen molar-refractivity contribution in [2.45, 2.75) is 6.10 Å². The van der Waals surface area contributed by atoms with E-state index in [4.69, 9.17) is 22.1 Å². The van der Waals surface area contributed by atoms with Crippen LogP contribution in [0.1, 0.15) is 11.7 Å². The largest absolute Gasteiger partial charge is 0.495 e. The summed E-state index contributed by atoms with van der Waals surface area (Å²) in [6, 6.07) is 11.0. The third kappa shape index (κ3) is 5.50. The fourth-order valence-electron chi connectivity index (χ4n) is 1.96.